The molecule has 0 atom stereocenters. The fourth-order valence-electron chi connectivity index (χ4n) is 1.39. The van der Waals surface area contributed by atoms with Gasteiger partial charge in [-0.15, -0.1) is 11.8 Å². The quantitative estimate of drug-likeness (QED) is 0.438. The van der Waals surface area contributed by atoms with Crippen LogP contribution in [-0.4, -0.2) is 13.2 Å². The molecule has 1 aliphatic heterocycles. The van der Waals surface area contributed by atoms with Crippen LogP contribution in [0.4, 0.5) is 0 Å². The highest BCUT2D eigenvalue weighted by molar-refractivity contribution is 5.10. The molecule has 48 valence electrons. The number of hydrogen-bond donors (Lipinski definition) is 0. The summed E-state index contributed by atoms with van der Waals surface area (Å²) < 4.78 is 5.15. The van der Waals surface area contributed by atoms with E-state index in [-0.39, 0.29) is 0 Å². The maximum absolute atomic E-state index is 5.15. The molecule has 1 heteroatoms. The Labute approximate surface area is 55.4 Å². The van der Waals surface area contributed by atoms with Gasteiger partial charge in [-0.3, -0.25) is 0 Å². The molecule has 2 aliphatic rings. The highest BCUT2D eigenvalue weighted by atomic mass is 16.5. The van der Waals surface area contributed by atoms with E-state index in [1.165, 1.54) is 6.42 Å². The summed E-state index contributed by atoms with van der Waals surface area (Å²) in [6, 6.07) is 0. The first-order chi connectivity index (χ1) is 4.41. The monoisotopic (exact) mass is 122 g/mol. The summed E-state index contributed by atoms with van der Waals surface area (Å²) in [6.07, 6.45) is 3.43. The molecule has 9 heavy (non-hydrogen) atoms. The lowest BCUT2D eigenvalue weighted by Gasteiger charge is -2.41. The Morgan fingerprint density at radius 3 is 2.44 bits per heavy atom. The van der Waals surface area contributed by atoms with E-state index >= 15 is 0 Å². The second kappa shape index (κ2) is 1.75. The van der Waals surface area contributed by atoms with Gasteiger partial charge in [0.05, 0.1) is 13.2 Å². The predicted octanol–water partition coefficient (Wildman–Crippen LogP) is 1.19. The van der Waals surface area contributed by atoms with Gasteiger partial charge in [0.1, 0.15) is 0 Å². The van der Waals surface area contributed by atoms with Crippen molar-refractivity contribution in [1.82, 2.24) is 0 Å². The van der Waals surface area contributed by atoms with Crippen molar-refractivity contribution in [2.24, 2.45) is 5.41 Å². The van der Waals surface area contributed by atoms with E-state index in [9.17, 15) is 0 Å². The van der Waals surface area contributed by atoms with Crippen molar-refractivity contribution in [3.05, 3.63) is 0 Å². The normalized spacial score (nSPS) is 28.4. The molecule has 1 saturated heterocycles. The van der Waals surface area contributed by atoms with Crippen molar-refractivity contribution in [3.8, 4) is 11.8 Å². The van der Waals surface area contributed by atoms with E-state index < -0.39 is 0 Å². The summed E-state index contributed by atoms with van der Waals surface area (Å²) in [5.41, 5.74) is 0.505. The Morgan fingerprint density at radius 2 is 2.11 bits per heavy atom. The fourth-order valence-corrected chi connectivity index (χ4v) is 1.39. The molecule has 1 nitrogen and oxygen atoms in total. The highest BCUT2D eigenvalue weighted by Crippen LogP contribution is 2.37. The van der Waals surface area contributed by atoms with Gasteiger partial charge in [0.2, 0.25) is 0 Å². The van der Waals surface area contributed by atoms with Gasteiger partial charge in [-0.05, 0) is 6.42 Å². The molecule has 0 unspecified atom stereocenters. The lowest BCUT2D eigenvalue weighted by molar-refractivity contribution is -0.114. The maximum Gasteiger partial charge on any atom is 0.0554 e. The predicted molar refractivity (Wildman–Crippen MR) is 34.9 cm³/mol. The molecule has 1 fully saturated rings. The zero-order valence-electron chi connectivity index (χ0n) is 5.44. The van der Waals surface area contributed by atoms with Crippen LogP contribution in [0.2, 0.25) is 0 Å². The van der Waals surface area contributed by atoms with Crippen molar-refractivity contribution >= 4 is 0 Å². The maximum atomic E-state index is 5.15. The molecule has 0 aromatic carbocycles. The average Bonchev–Trinajstić information content (AvgIpc) is 1.87. The second-order valence-electron chi connectivity index (χ2n) is 3.02. The Balaban J connectivity index is 2.08. The minimum Gasteiger partial charge on any atom is -0.380 e. The van der Waals surface area contributed by atoms with Crippen molar-refractivity contribution in [3.63, 3.8) is 0 Å². The van der Waals surface area contributed by atoms with Gasteiger partial charge in [-0.2, -0.15) is 0 Å². The van der Waals surface area contributed by atoms with Crippen LogP contribution in [0.5, 0.6) is 0 Å². The van der Waals surface area contributed by atoms with Crippen LogP contribution in [0.15, 0.2) is 0 Å². The molecule has 0 radical (unpaired) electrons. The first-order valence-corrected chi connectivity index (χ1v) is 3.45. The van der Waals surface area contributed by atoms with Crippen LogP contribution in [0.3, 0.4) is 0 Å². The molecule has 0 bridgehead atoms. The van der Waals surface area contributed by atoms with Gasteiger partial charge in [-0.25, -0.2) is 0 Å². The van der Waals surface area contributed by atoms with Crippen molar-refractivity contribution < 1.29 is 4.74 Å². The van der Waals surface area contributed by atoms with Crippen LogP contribution in [-0.2, 0) is 4.74 Å². The molecule has 1 aliphatic carbocycles. The van der Waals surface area contributed by atoms with Gasteiger partial charge >= 0.3 is 0 Å². The lowest BCUT2D eigenvalue weighted by Crippen LogP contribution is -2.42. The topological polar surface area (TPSA) is 9.23 Å². The van der Waals surface area contributed by atoms with Crippen molar-refractivity contribution in [1.29, 1.82) is 0 Å². The first-order valence-electron chi connectivity index (χ1n) is 3.45. The molecule has 0 aromatic heterocycles. The van der Waals surface area contributed by atoms with Crippen molar-refractivity contribution in [2.45, 2.75) is 19.3 Å². The van der Waals surface area contributed by atoms with Gasteiger partial charge in [0.25, 0.3) is 0 Å². The van der Waals surface area contributed by atoms with Crippen LogP contribution < -0.4 is 0 Å². The second-order valence-corrected chi connectivity index (χ2v) is 3.02. The van der Waals surface area contributed by atoms with E-state index in [2.05, 4.69) is 11.8 Å². The Morgan fingerprint density at radius 1 is 1.22 bits per heavy atom. The Hall–Kier alpha value is -0.480. The summed E-state index contributed by atoms with van der Waals surface area (Å²) in [6.45, 7) is 1.92. The summed E-state index contributed by atoms with van der Waals surface area (Å²) >= 11 is 0. The van der Waals surface area contributed by atoms with Gasteiger partial charge in [0.15, 0.2) is 0 Å². The zero-order chi connectivity index (χ0) is 6.16. The molecular formula is C8H10O. The molecular weight excluding hydrogens is 112 g/mol. The molecule has 0 aromatic rings. The number of ether oxygens (including phenoxy) is 1. The van der Waals surface area contributed by atoms with E-state index in [4.69, 9.17) is 4.74 Å². The SMILES string of the molecule is C1#CCC2(CC1)COC2. The Kier molecular flexibility index (Phi) is 1.03. The van der Waals surface area contributed by atoms with Gasteiger partial charge < -0.3 is 4.74 Å². The highest BCUT2D eigenvalue weighted by Gasteiger charge is 2.37. The van der Waals surface area contributed by atoms with E-state index in [1.54, 1.807) is 0 Å². The minimum atomic E-state index is 0.505. The van der Waals surface area contributed by atoms with Gasteiger partial charge in [0, 0.05) is 18.3 Å². The summed E-state index contributed by atoms with van der Waals surface area (Å²) in [7, 11) is 0. The number of rotatable bonds is 0. The van der Waals surface area contributed by atoms with E-state index in [0.717, 1.165) is 26.1 Å². The third-order valence-electron chi connectivity index (χ3n) is 2.19. The number of hydrogen-bond acceptors (Lipinski definition) is 1. The Bertz CT molecular complexity index is 169. The van der Waals surface area contributed by atoms with E-state index in [1.807, 2.05) is 0 Å². The van der Waals surface area contributed by atoms with E-state index in [0.29, 0.717) is 5.41 Å². The van der Waals surface area contributed by atoms with Crippen LogP contribution in [0.1, 0.15) is 19.3 Å². The molecule has 0 amide bonds. The lowest BCUT2D eigenvalue weighted by atomic mass is 9.76. The molecule has 2 rings (SSSR count). The van der Waals surface area contributed by atoms with Crippen LogP contribution in [0, 0.1) is 17.3 Å². The first kappa shape index (κ1) is 5.32. The average molecular weight is 122 g/mol. The summed E-state index contributed by atoms with van der Waals surface area (Å²) in [5.74, 6) is 6.25. The minimum absolute atomic E-state index is 0.505. The van der Waals surface area contributed by atoms with Crippen LogP contribution in [0.25, 0.3) is 0 Å². The van der Waals surface area contributed by atoms with Crippen molar-refractivity contribution in [2.75, 3.05) is 13.2 Å². The summed E-state index contributed by atoms with van der Waals surface area (Å²) in [5, 5.41) is 0. The smallest absolute Gasteiger partial charge is 0.0554 e. The third kappa shape index (κ3) is 0.746. The van der Waals surface area contributed by atoms with Gasteiger partial charge in [-0.1, -0.05) is 0 Å². The molecule has 0 saturated carbocycles. The fraction of sp³-hybridized carbons (Fsp3) is 0.750. The third-order valence-corrected chi connectivity index (χ3v) is 2.19. The summed E-state index contributed by atoms with van der Waals surface area (Å²) in [4.78, 5) is 0. The van der Waals surface area contributed by atoms with Crippen LogP contribution >= 0.6 is 0 Å². The zero-order valence-corrected chi connectivity index (χ0v) is 5.44. The largest absolute Gasteiger partial charge is 0.380 e. The molecule has 1 heterocycles. The molecule has 1 spiro atoms. The molecule has 0 N–H and O–H groups in total. The standard InChI is InChI=1S/C8H10O/c1-2-4-8(5-3-1)6-9-7-8/h2,4-7H2.